The monoisotopic (exact) mass is 282 g/mol. The van der Waals surface area contributed by atoms with E-state index in [2.05, 4.69) is 17.4 Å². The van der Waals surface area contributed by atoms with Gasteiger partial charge in [0.2, 0.25) is 0 Å². The Kier molecular flexibility index (Phi) is 5.37. The van der Waals surface area contributed by atoms with E-state index in [4.69, 9.17) is 0 Å². The Morgan fingerprint density at radius 1 is 1.05 bits per heavy atom. The molecule has 1 aliphatic heterocycles. The number of carbonyl (C=O) groups is 2. The van der Waals surface area contributed by atoms with E-state index in [0.29, 0.717) is 0 Å². The number of hydrazine groups is 1. The Morgan fingerprint density at radius 3 is 2.25 bits per heavy atom. The Bertz CT molecular complexity index is 347. The van der Waals surface area contributed by atoms with Gasteiger partial charge in [-0.2, -0.15) is 0 Å². The van der Waals surface area contributed by atoms with Crippen LogP contribution in [0.5, 0.6) is 0 Å². The fraction of sp³-hybridized carbons (Fsp3) is 0.857. The van der Waals surface area contributed by atoms with E-state index in [9.17, 15) is 9.59 Å². The van der Waals surface area contributed by atoms with Crippen molar-refractivity contribution in [2.24, 2.45) is 0 Å². The lowest BCUT2D eigenvalue weighted by molar-refractivity contribution is -0.149. The van der Waals surface area contributed by atoms with Gasteiger partial charge in [-0.25, -0.2) is 5.01 Å². The van der Waals surface area contributed by atoms with Crippen molar-refractivity contribution in [3.05, 3.63) is 0 Å². The van der Waals surface area contributed by atoms with Gasteiger partial charge in [-0.15, -0.1) is 0 Å². The quantitative estimate of drug-likeness (QED) is 0.728. The summed E-state index contributed by atoms with van der Waals surface area (Å²) in [5.74, 6) is -0.904. The van der Waals surface area contributed by atoms with Crippen molar-refractivity contribution in [2.45, 2.75) is 38.1 Å². The number of carbonyl (C=O) groups excluding carboxylic acids is 2. The third-order valence-electron chi connectivity index (χ3n) is 4.40. The van der Waals surface area contributed by atoms with Gasteiger partial charge in [0.05, 0.1) is 0 Å². The molecule has 114 valence electrons. The lowest BCUT2D eigenvalue weighted by atomic mass is 9.94. The topological polar surface area (TPSA) is 55.9 Å². The molecule has 0 aromatic heterocycles. The van der Waals surface area contributed by atoms with Crippen molar-refractivity contribution in [2.75, 3.05) is 40.3 Å². The zero-order chi connectivity index (χ0) is 14.5. The van der Waals surface area contributed by atoms with Crippen molar-refractivity contribution in [3.8, 4) is 0 Å². The first-order valence-corrected chi connectivity index (χ1v) is 7.59. The maximum absolute atomic E-state index is 12.2. The van der Waals surface area contributed by atoms with Crippen LogP contribution >= 0.6 is 0 Å². The van der Waals surface area contributed by atoms with Crippen LogP contribution < -0.4 is 5.43 Å². The van der Waals surface area contributed by atoms with Gasteiger partial charge < -0.3 is 9.80 Å². The molecule has 1 saturated carbocycles. The Hall–Kier alpha value is -1.14. The molecule has 0 atom stereocenters. The minimum atomic E-state index is -0.498. The molecule has 1 aliphatic carbocycles. The molecule has 2 aliphatic rings. The first kappa shape index (κ1) is 15.3. The SMILES string of the molecule is CN1CCN(NC(=O)C(=O)N(C)C2CCCCC2)CC1. The number of nitrogens with one attached hydrogen (secondary N) is 1. The van der Waals surface area contributed by atoms with Crippen molar-refractivity contribution in [1.29, 1.82) is 0 Å². The molecule has 6 heteroatoms. The molecule has 1 N–H and O–H groups in total. The molecule has 2 fully saturated rings. The van der Waals surface area contributed by atoms with Gasteiger partial charge in [0, 0.05) is 39.3 Å². The Morgan fingerprint density at radius 2 is 1.65 bits per heavy atom. The molecule has 1 heterocycles. The largest absolute Gasteiger partial charge is 0.334 e. The van der Waals surface area contributed by atoms with Gasteiger partial charge >= 0.3 is 11.8 Å². The average molecular weight is 282 g/mol. The summed E-state index contributed by atoms with van der Waals surface area (Å²) in [7, 11) is 3.81. The van der Waals surface area contributed by atoms with E-state index in [1.54, 1.807) is 11.9 Å². The molecular formula is C14H26N4O2. The lowest BCUT2D eigenvalue weighted by Gasteiger charge is -2.34. The molecule has 0 aromatic carbocycles. The van der Waals surface area contributed by atoms with E-state index < -0.39 is 11.8 Å². The highest BCUT2D eigenvalue weighted by Crippen LogP contribution is 2.21. The van der Waals surface area contributed by atoms with Gasteiger partial charge in [-0.05, 0) is 19.9 Å². The summed E-state index contributed by atoms with van der Waals surface area (Å²) < 4.78 is 0. The predicted octanol–water partition coefficient (Wildman–Crippen LogP) is 0.0561. The highest BCUT2D eigenvalue weighted by Gasteiger charge is 2.28. The van der Waals surface area contributed by atoms with Crippen molar-refractivity contribution < 1.29 is 9.59 Å². The number of piperazine rings is 1. The summed E-state index contributed by atoms with van der Waals surface area (Å²) in [6.45, 7) is 3.35. The lowest BCUT2D eigenvalue weighted by Crippen LogP contribution is -2.56. The third kappa shape index (κ3) is 3.93. The second kappa shape index (κ2) is 7.04. The van der Waals surface area contributed by atoms with Gasteiger partial charge in [-0.1, -0.05) is 19.3 Å². The first-order valence-electron chi connectivity index (χ1n) is 7.59. The molecular weight excluding hydrogens is 256 g/mol. The zero-order valence-corrected chi connectivity index (χ0v) is 12.6. The molecule has 0 bridgehead atoms. The number of nitrogens with zero attached hydrogens (tertiary/aromatic N) is 3. The molecule has 0 aromatic rings. The highest BCUT2D eigenvalue weighted by molar-refractivity contribution is 6.34. The summed E-state index contributed by atoms with van der Waals surface area (Å²) in [5.41, 5.74) is 2.74. The molecule has 1 saturated heterocycles. The molecule has 6 nitrogen and oxygen atoms in total. The first-order chi connectivity index (χ1) is 9.58. The minimum absolute atomic E-state index is 0.231. The van der Waals surface area contributed by atoms with Crippen LogP contribution in [0.1, 0.15) is 32.1 Å². The van der Waals surface area contributed by atoms with E-state index in [1.807, 2.05) is 5.01 Å². The fourth-order valence-corrected chi connectivity index (χ4v) is 2.90. The van der Waals surface area contributed by atoms with Crippen LogP contribution in [-0.4, -0.2) is 72.9 Å². The van der Waals surface area contributed by atoms with Crippen LogP contribution in [0.3, 0.4) is 0 Å². The molecule has 2 amide bonds. The molecule has 0 spiro atoms. The summed E-state index contributed by atoms with van der Waals surface area (Å²) >= 11 is 0. The molecule has 2 rings (SSSR count). The van der Waals surface area contributed by atoms with E-state index in [-0.39, 0.29) is 6.04 Å². The van der Waals surface area contributed by atoms with Crippen LogP contribution in [0.2, 0.25) is 0 Å². The average Bonchev–Trinajstić information content (AvgIpc) is 2.49. The fourth-order valence-electron chi connectivity index (χ4n) is 2.90. The van der Waals surface area contributed by atoms with Gasteiger partial charge in [0.25, 0.3) is 0 Å². The van der Waals surface area contributed by atoms with Gasteiger partial charge in [0.1, 0.15) is 0 Å². The second-order valence-electron chi connectivity index (χ2n) is 5.94. The van der Waals surface area contributed by atoms with Crippen LogP contribution in [-0.2, 0) is 9.59 Å². The van der Waals surface area contributed by atoms with Crippen molar-refractivity contribution >= 4 is 11.8 Å². The molecule has 20 heavy (non-hydrogen) atoms. The second-order valence-corrected chi connectivity index (χ2v) is 5.94. The summed E-state index contributed by atoms with van der Waals surface area (Å²) in [4.78, 5) is 28.0. The standard InChI is InChI=1S/C14H26N4O2/c1-16-8-10-18(11-9-16)15-13(19)14(20)17(2)12-6-4-3-5-7-12/h12H,3-11H2,1-2H3,(H,15,19). The molecule has 0 unspecified atom stereocenters. The highest BCUT2D eigenvalue weighted by atomic mass is 16.2. The van der Waals surface area contributed by atoms with Crippen molar-refractivity contribution in [3.63, 3.8) is 0 Å². The summed E-state index contributed by atoms with van der Waals surface area (Å²) in [6.07, 6.45) is 5.59. The van der Waals surface area contributed by atoms with E-state index in [1.165, 1.54) is 6.42 Å². The Labute approximate surface area is 121 Å². The normalized spacial score (nSPS) is 22.5. The smallest absolute Gasteiger partial charge is 0.323 e. The van der Waals surface area contributed by atoms with E-state index in [0.717, 1.165) is 51.9 Å². The van der Waals surface area contributed by atoms with Gasteiger partial charge in [-0.3, -0.25) is 15.0 Å². The van der Waals surface area contributed by atoms with Gasteiger partial charge in [0.15, 0.2) is 0 Å². The number of rotatable bonds is 2. The number of amides is 2. The van der Waals surface area contributed by atoms with Crippen LogP contribution in [0.25, 0.3) is 0 Å². The number of hydrogen-bond donors (Lipinski definition) is 1. The van der Waals surface area contributed by atoms with Crippen LogP contribution in [0.15, 0.2) is 0 Å². The zero-order valence-electron chi connectivity index (χ0n) is 12.6. The third-order valence-corrected chi connectivity index (χ3v) is 4.40. The number of likely N-dealkylation sites (N-methyl/N-ethyl adjacent to an activating group) is 2. The van der Waals surface area contributed by atoms with Crippen LogP contribution in [0.4, 0.5) is 0 Å². The van der Waals surface area contributed by atoms with Crippen molar-refractivity contribution in [1.82, 2.24) is 20.2 Å². The maximum atomic E-state index is 12.2. The Balaban J connectivity index is 1.80. The minimum Gasteiger partial charge on any atom is -0.334 e. The number of hydrogen-bond acceptors (Lipinski definition) is 4. The maximum Gasteiger partial charge on any atom is 0.323 e. The van der Waals surface area contributed by atoms with Crippen LogP contribution in [0, 0.1) is 0 Å². The summed E-state index contributed by atoms with van der Waals surface area (Å²) in [5, 5.41) is 1.84. The molecule has 0 radical (unpaired) electrons. The summed E-state index contributed by atoms with van der Waals surface area (Å²) in [6, 6.07) is 0.231. The van der Waals surface area contributed by atoms with E-state index >= 15 is 0 Å². The predicted molar refractivity (Wildman–Crippen MR) is 76.9 cm³/mol.